The minimum atomic E-state index is -0.890. The molecule has 1 aromatic heterocycles. The Kier molecular flexibility index (Phi) is 7.21. The summed E-state index contributed by atoms with van der Waals surface area (Å²) in [7, 11) is 0. The molecule has 1 N–H and O–H groups in total. The molecule has 2 amide bonds. The molecule has 0 aliphatic carbocycles. The van der Waals surface area contributed by atoms with Crippen LogP contribution < -0.4 is 10.2 Å². The molecule has 0 aliphatic rings. The molecule has 3 rings (SSSR count). The average Bonchev–Trinajstić information content (AvgIpc) is 2.81. The molecule has 1 heterocycles. The van der Waals surface area contributed by atoms with E-state index in [-0.39, 0.29) is 17.2 Å². The average molecular weight is 428 g/mol. The number of carbonyl (C=O) groups is 2. The van der Waals surface area contributed by atoms with Gasteiger partial charge in [0.15, 0.2) is 0 Å². The van der Waals surface area contributed by atoms with Gasteiger partial charge < -0.3 is 5.32 Å². The number of aromatic nitrogens is 1. The molecule has 0 spiro atoms. The lowest BCUT2D eigenvalue weighted by Gasteiger charge is -2.31. The second kappa shape index (κ2) is 10.1. The first-order chi connectivity index (χ1) is 15.3. The minimum absolute atomic E-state index is 0.0262. The highest BCUT2D eigenvalue weighted by Crippen LogP contribution is 2.30. The standard InChI is InChI=1S/C27H29N3O2/c1-5-24(31)30(23-15-13-22(14-16-23)27(2,3)4)25(21-12-9-17-28-19-21)26(32)29-18-20-10-7-6-8-11-20/h5-17,19,25H,1,18H2,2-4H3,(H,29,32). The Labute approximate surface area is 189 Å². The van der Waals surface area contributed by atoms with Crippen molar-refractivity contribution >= 4 is 17.5 Å². The largest absolute Gasteiger partial charge is 0.350 e. The SMILES string of the molecule is C=CC(=O)N(c1ccc(C(C)(C)C)cc1)C(C(=O)NCc1ccccc1)c1cccnc1. The lowest BCUT2D eigenvalue weighted by Crippen LogP contribution is -2.43. The van der Waals surface area contributed by atoms with E-state index in [1.54, 1.807) is 24.5 Å². The lowest BCUT2D eigenvalue weighted by molar-refractivity contribution is -0.125. The summed E-state index contributed by atoms with van der Waals surface area (Å²) in [6, 6.07) is 20.0. The third-order valence-corrected chi connectivity index (χ3v) is 5.24. The molecule has 164 valence electrons. The Bertz CT molecular complexity index is 1060. The summed E-state index contributed by atoms with van der Waals surface area (Å²) < 4.78 is 0. The lowest BCUT2D eigenvalue weighted by atomic mass is 9.87. The molecule has 0 bridgehead atoms. The Morgan fingerprint density at radius 1 is 1.03 bits per heavy atom. The highest BCUT2D eigenvalue weighted by molar-refractivity contribution is 6.06. The van der Waals surface area contributed by atoms with Crippen LogP contribution >= 0.6 is 0 Å². The number of amides is 2. The third kappa shape index (κ3) is 5.49. The van der Waals surface area contributed by atoms with Crippen LogP contribution in [0.1, 0.15) is 43.5 Å². The van der Waals surface area contributed by atoms with Gasteiger partial charge in [0.25, 0.3) is 5.91 Å². The van der Waals surface area contributed by atoms with Gasteiger partial charge in [-0.25, -0.2) is 0 Å². The first kappa shape index (κ1) is 22.9. The predicted octanol–water partition coefficient (Wildman–Crippen LogP) is 4.96. The fraction of sp³-hybridized carbons (Fsp3) is 0.222. The van der Waals surface area contributed by atoms with Crippen molar-refractivity contribution in [2.45, 2.75) is 38.8 Å². The van der Waals surface area contributed by atoms with Gasteiger partial charge in [-0.3, -0.25) is 19.5 Å². The maximum atomic E-state index is 13.4. The van der Waals surface area contributed by atoms with Gasteiger partial charge >= 0.3 is 0 Å². The van der Waals surface area contributed by atoms with Crippen LogP contribution in [0, 0.1) is 0 Å². The van der Waals surface area contributed by atoms with Crippen molar-refractivity contribution in [1.29, 1.82) is 0 Å². The van der Waals surface area contributed by atoms with E-state index in [1.165, 1.54) is 11.0 Å². The molecule has 2 aromatic carbocycles. The Morgan fingerprint density at radius 2 is 1.72 bits per heavy atom. The normalized spacial score (nSPS) is 12.0. The van der Waals surface area contributed by atoms with Crippen LogP contribution in [0.2, 0.25) is 0 Å². The van der Waals surface area contributed by atoms with E-state index in [4.69, 9.17) is 0 Å². The zero-order valence-corrected chi connectivity index (χ0v) is 18.8. The van der Waals surface area contributed by atoms with Crippen LogP contribution in [0.25, 0.3) is 0 Å². The van der Waals surface area contributed by atoms with Gasteiger partial charge in [-0.15, -0.1) is 0 Å². The summed E-state index contributed by atoms with van der Waals surface area (Å²) in [5.41, 5.74) is 3.32. The van der Waals surface area contributed by atoms with Crippen LogP contribution in [-0.4, -0.2) is 16.8 Å². The van der Waals surface area contributed by atoms with Crippen LogP contribution in [0.4, 0.5) is 5.69 Å². The van der Waals surface area contributed by atoms with Crippen molar-refractivity contribution in [3.63, 3.8) is 0 Å². The smallest absolute Gasteiger partial charge is 0.251 e. The van der Waals surface area contributed by atoms with Gasteiger partial charge in [0.1, 0.15) is 6.04 Å². The van der Waals surface area contributed by atoms with E-state index >= 15 is 0 Å². The van der Waals surface area contributed by atoms with Gasteiger partial charge in [0.05, 0.1) is 0 Å². The molecule has 5 heteroatoms. The second-order valence-corrected chi connectivity index (χ2v) is 8.60. The van der Waals surface area contributed by atoms with Gasteiger partial charge in [-0.1, -0.05) is 75.9 Å². The minimum Gasteiger partial charge on any atom is -0.350 e. The number of hydrogen-bond acceptors (Lipinski definition) is 3. The molecular formula is C27H29N3O2. The second-order valence-electron chi connectivity index (χ2n) is 8.60. The Hall–Kier alpha value is -3.73. The molecule has 0 saturated heterocycles. The Morgan fingerprint density at radius 3 is 2.28 bits per heavy atom. The molecule has 0 fully saturated rings. The van der Waals surface area contributed by atoms with E-state index in [9.17, 15) is 9.59 Å². The number of carbonyl (C=O) groups excluding carboxylic acids is 2. The number of anilines is 1. The van der Waals surface area contributed by atoms with Crippen LogP contribution in [0.5, 0.6) is 0 Å². The van der Waals surface area contributed by atoms with Crippen molar-refractivity contribution in [2.24, 2.45) is 0 Å². The maximum Gasteiger partial charge on any atom is 0.251 e. The number of pyridine rings is 1. The summed E-state index contributed by atoms with van der Waals surface area (Å²) >= 11 is 0. The van der Waals surface area contributed by atoms with Gasteiger partial charge in [0.2, 0.25) is 5.91 Å². The molecule has 0 aliphatic heterocycles. The van der Waals surface area contributed by atoms with E-state index in [2.05, 4.69) is 37.7 Å². The summed E-state index contributed by atoms with van der Waals surface area (Å²) in [5, 5.41) is 2.97. The molecule has 1 atom stereocenters. The summed E-state index contributed by atoms with van der Waals surface area (Å²) in [6.07, 6.45) is 4.48. The van der Waals surface area contributed by atoms with Crippen LogP contribution in [0.3, 0.4) is 0 Å². The molecular weight excluding hydrogens is 398 g/mol. The molecule has 3 aromatic rings. The van der Waals surface area contributed by atoms with Gasteiger partial charge in [-0.2, -0.15) is 0 Å². The monoisotopic (exact) mass is 427 g/mol. The van der Waals surface area contributed by atoms with E-state index in [0.717, 1.165) is 11.1 Å². The topological polar surface area (TPSA) is 62.3 Å². The molecule has 1 unspecified atom stereocenters. The molecule has 5 nitrogen and oxygen atoms in total. The zero-order valence-electron chi connectivity index (χ0n) is 18.8. The van der Waals surface area contributed by atoms with Gasteiger partial charge in [0, 0.05) is 30.2 Å². The maximum absolute atomic E-state index is 13.4. The van der Waals surface area contributed by atoms with Crippen LogP contribution in [-0.2, 0) is 21.5 Å². The number of nitrogens with one attached hydrogen (secondary N) is 1. The molecule has 32 heavy (non-hydrogen) atoms. The van der Waals surface area contributed by atoms with E-state index in [0.29, 0.717) is 17.8 Å². The summed E-state index contributed by atoms with van der Waals surface area (Å²) in [5.74, 6) is -0.658. The number of hydrogen-bond donors (Lipinski definition) is 1. The number of benzene rings is 2. The van der Waals surface area contributed by atoms with E-state index in [1.807, 2.05) is 54.6 Å². The third-order valence-electron chi connectivity index (χ3n) is 5.24. The molecule has 0 saturated carbocycles. The number of rotatable bonds is 7. The zero-order chi connectivity index (χ0) is 23.1. The quantitative estimate of drug-likeness (QED) is 0.543. The first-order valence-corrected chi connectivity index (χ1v) is 10.6. The number of nitrogens with zero attached hydrogens (tertiary/aromatic N) is 2. The first-order valence-electron chi connectivity index (χ1n) is 10.6. The molecule has 0 radical (unpaired) electrons. The summed E-state index contributed by atoms with van der Waals surface area (Å²) in [4.78, 5) is 32.0. The fourth-order valence-corrected chi connectivity index (χ4v) is 3.46. The highest BCUT2D eigenvalue weighted by atomic mass is 16.2. The fourth-order valence-electron chi connectivity index (χ4n) is 3.46. The van der Waals surface area contributed by atoms with Crippen molar-refractivity contribution in [2.75, 3.05) is 4.90 Å². The van der Waals surface area contributed by atoms with Crippen LogP contribution in [0.15, 0.2) is 91.8 Å². The highest BCUT2D eigenvalue weighted by Gasteiger charge is 2.32. The van der Waals surface area contributed by atoms with Crippen molar-refractivity contribution in [3.05, 3.63) is 108 Å². The predicted molar refractivity (Wildman–Crippen MR) is 128 cm³/mol. The Balaban J connectivity index is 1.99. The van der Waals surface area contributed by atoms with Crippen molar-refractivity contribution < 1.29 is 9.59 Å². The van der Waals surface area contributed by atoms with Crippen molar-refractivity contribution in [1.82, 2.24) is 10.3 Å². The van der Waals surface area contributed by atoms with E-state index < -0.39 is 6.04 Å². The van der Waals surface area contributed by atoms with Gasteiger partial charge in [-0.05, 0) is 40.8 Å². The van der Waals surface area contributed by atoms with Crippen molar-refractivity contribution in [3.8, 4) is 0 Å². The summed E-state index contributed by atoms with van der Waals surface area (Å²) in [6.45, 7) is 10.4.